The molecule has 3 rings (SSSR count). The third-order valence-electron chi connectivity index (χ3n) is 3.75. The van der Waals surface area contributed by atoms with Crippen molar-refractivity contribution in [1.29, 1.82) is 0 Å². The third kappa shape index (κ3) is 5.68. The molecular weight excluding hydrogens is 377 g/mol. The molecule has 1 aromatic heterocycles. The zero-order valence-electron chi connectivity index (χ0n) is 16.0. The van der Waals surface area contributed by atoms with Crippen molar-refractivity contribution in [3.8, 4) is 17.1 Å². The van der Waals surface area contributed by atoms with E-state index in [-0.39, 0.29) is 24.3 Å². The number of carbonyl (C=O) groups excluding carboxylic acids is 2. The van der Waals surface area contributed by atoms with Gasteiger partial charge in [0.05, 0.1) is 6.10 Å². The standard InChI is InChI=1S/C22H20FNO5/c1-14(2)28-21(25)13-27-18-8-4-7-17(12-18)24-22(26)20-10-9-19(29-20)15-5-3-6-16(23)11-15/h3-12,14H,13H2,1-2H3,(H,24,26). The molecule has 0 fully saturated rings. The summed E-state index contributed by atoms with van der Waals surface area (Å²) < 4.78 is 29.3. The summed E-state index contributed by atoms with van der Waals surface area (Å²) in [6, 6.07) is 15.6. The van der Waals surface area contributed by atoms with Crippen LogP contribution in [0.1, 0.15) is 24.4 Å². The van der Waals surface area contributed by atoms with Gasteiger partial charge in [0, 0.05) is 17.3 Å². The highest BCUT2D eigenvalue weighted by Crippen LogP contribution is 2.24. The van der Waals surface area contributed by atoms with E-state index in [1.165, 1.54) is 18.2 Å². The second-order valence-electron chi connectivity index (χ2n) is 6.48. The molecular formula is C22H20FNO5. The number of benzene rings is 2. The van der Waals surface area contributed by atoms with Crippen molar-refractivity contribution in [2.24, 2.45) is 0 Å². The average molecular weight is 397 g/mol. The van der Waals surface area contributed by atoms with E-state index >= 15 is 0 Å². The SMILES string of the molecule is CC(C)OC(=O)COc1cccc(NC(=O)c2ccc(-c3cccc(F)c3)o2)c1. The predicted molar refractivity (Wildman–Crippen MR) is 105 cm³/mol. The minimum atomic E-state index is -0.477. The molecule has 7 heteroatoms. The summed E-state index contributed by atoms with van der Waals surface area (Å²) in [6.07, 6.45) is -0.220. The molecule has 0 saturated heterocycles. The summed E-state index contributed by atoms with van der Waals surface area (Å²) >= 11 is 0. The number of rotatable bonds is 7. The Labute approximate surface area is 167 Å². The lowest BCUT2D eigenvalue weighted by molar-refractivity contribution is -0.149. The summed E-state index contributed by atoms with van der Waals surface area (Å²) in [6.45, 7) is 3.27. The molecule has 1 N–H and O–H groups in total. The van der Waals surface area contributed by atoms with Crippen LogP contribution in [0.4, 0.5) is 10.1 Å². The van der Waals surface area contributed by atoms with Gasteiger partial charge in [0.1, 0.15) is 17.3 Å². The van der Waals surface area contributed by atoms with Gasteiger partial charge in [-0.25, -0.2) is 9.18 Å². The zero-order valence-corrected chi connectivity index (χ0v) is 16.0. The number of ether oxygens (including phenoxy) is 2. The van der Waals surface area contributed by atoms with Gasteiger partial charge < -0.3 is 19.2 Å². The summed E-state index contributed by atoms with van der Waals surface area (Å²) in [4.78, 5) is 24.0. The van der Waals surface area contributed by atoms with E-state index in [9.17, 15) is 14.0 Å². The van der Waals surface area contributed by atoms with E-state index in [1.54, 1.807) is 56.3 Å². The molecule has 0 aliphatic heterocycles. The van der Waals surface area contributed by atoms with Crippen molar-refractivity contribution in [3.63, 3.8) is 0 Å². The maximum atomic E-state index is 13.4. The van der Waals surface area contributed by atoms with Gasteiger partial charge in [-0.3, -0.25) is 4.79 Å². The van der Waals surface area contributed by atoms with Crippen molar-refractivity contribution in [2.45, 2.75) is 20.0 Å². The molecule has 0 bridgehead atoms. The second-order valence-corrected chi connectivity index (χ2v) is 6.48. The van der Waals surface area contributed by atoms with Crippen LogP contribution in [0.15, 0.2) is 65.1 Å². The molecule has 0 spiro atoms. The maximum Gasteiger partial charge on any atom is 0.344 e. The molecule has 0 saturated carbocycles. The summed E-state index contributed by atoms with van der Waals surface area (Å²) in [5.41, 5.74) is 1.00. The Balaban J connectivity index is 1.63. The number of amides is 1. The molecule has 0 radical (unpaired) electrons. The Bertz CT molecular complexity index is 1010. The lowest BCUT2D eigenvalue weighted by Gasteiger charge is -2.10. The average Bonchev–Trinajstić information content (AvgIpc) is 3.17. The number of nitrogens with one attached hydrogen (secondary N) is 1. The van der Waals surface area contributed by atoms with Crippen LogP contribution in [-0.2, 0) is 9.53 Å². The topological polar surface area (TPSA) is 77.8 Å². The molecule has 0 aliphatic rings. The van der Waals surface area contributed by atoms with Crippen LogP contribution < -0.4 is 10.1 Å². The van der Waals surface area contributed by atoms with E-state index < -0.39 is 11.9 Å². The van der Waals surface area contributed by atoms with Gasteiger partial charge in [0.2, 0.25) is 0 Å². The zero-order chi connectivity index (χ0) is 20.8. The van der Waals surface area contributed by atoms with Crippen LogP contribution in [0.3, 0.4) is 0 Å². The molecule has 0 unspecified atom stereocenters. The van der Waals surface area contributed by atoms with E-state index in [0.29, 0.717) is 22.8 Å². The summed E-state index contributed by atoms with van der Waals surface area (Å²) in [5, 5.41) is 2.69. The monoisotopic (exact) mass is 397 g/mol. The number of carbonyl (C=O) groups is 2. The van der Waals surface area contributed by atoms with Crippen molar-refractivity contribution in [1.82, 2.24) is 0 Å². The van der Waals surface area contributed by atoms with Gasteiger partial charge in [-0.2, -0.15) is 0 Å². The highest BCUT2D eigenvalue weighted by molar-refractivity contribution is 6.02. The van der Waals surface area contributed by atoms with Gasteiger partial charge in [-0.05, 0) is 50.2 Å². The number of anilines is 1. The van der Waals surface area contributed by atoms with Crippen LogP contribution in [0.2, 0.25) is 0 Å². The molecule has 150 valence electrons. The Kier molecular flexibility index (Phi) is 6.29. The maximum absolute atomic E-state index is 13.4. The van der Waals surface area contributed by atoms with E-state index in [0.717, 1.165) is 0 Å². The first-order chi connectivity index (χ1) is 13.9. The molecule has 6 nitrogen and oxygen atoms in total. The number of furan rings is 1. The number of esters is 1. The fourth-order valence-electron chi connectivity index (χ4n) is 2.55. The second kappa shape index (κ2) is 9.05. The Morgan fingerprint density at radius 2 is 1.86 bits per heavy atom. The first-order valence-electron chi connectivity index (χ1n) is 9.00. The fraction of sp³-hybridized carbons (Fsp3) is 0.182. The molecule has 0 atom stereocenters. The van der Waals surface area contributed by atoms with Gasteiger partial charge >= 0.3 is 5.97 Å². The predicted octanol–water partition coefficient (Wildman–Crippen LogP) is 4.67. The highest BCUT2D eigenvalue weighted by atomic mass is 19.1. The Morgan fingerprint density at radius 3 is 2.62 bits per heavy atom. The molecule has 1 amide bonds. The van der Waals surface area contributed by atoms with Crippen LogP contribution in [0.5, 0.6) is 5.75 Å². The normalized spacial score (nSPS) is 10.6. The molecule has 2 aromatic carbocycles. The Morgan fingerprint density at radius 1 is 1.07 bits per heavy atom. The summed E-state index contributed by atoms with van der Waals surface area (Å²) in [5.74, 6) is -0.465. The van der Waals surface area contributed by atoms with E-state index in [4.69, 9.17) is 13.9 Å². The molecule has 1 heterocycles. The number of hydrogen-bond donors (Lipinski definition) is 1. The first-order valence-corrected chi connectivity index (χ1v) is 9.00. The van der Waals surface area contributed by atoms with Crippen molar-refractivity contribution in [3.05, 3.63) is 72.2 Å². The lowest BCUT2D eigenvalue weighted by Crippen LogP contribution is -2.18. The molecule has 0 aliphatic carbocycles. The number of hydrogen-bond acceptors (Lipinski definition) is 5. The van der Waals surface area contributed by atoms with Crippen LogP contribution >= 0.6 is 0 Å². The number of halogens is 1. The van der Waals surface area contributed by atoms with Crippen molar-refractivity contribution in [2.75, 3.05) is 11.9 Å². The van der Waals surface area contributed by atoms with Crippen molar-refractivity contribution < 1.29 is 27.9 Å². The van der Waals surface area contributed by atoms with Crippen LogP contribution in [-0.4, -0.2) is 24.6 Å². The Hall–Kier alpha value is -3.61. The van der Waals surface area contributed by atoms with Crippen molar-refractivity contribution >= 4 is 17.6 Å². The molecule has 3 aromatic rings. The molecule has 29 heavy (non-hydrogen) atoms. The minimum absolute atomic E-state index is 0.0797. The minimum Gasteiger partial charge on any atom is -0.482 e. The van der Waals surface area contributed by atoms with E-state index in [1.807, 2.05) is 0 Å². The van der Waals surface area contributed by atoms with Gasteiger partial charge in [-0.15, -0.1) is 0 Å². The van der Waals surface area contributed by atoms with Crippen LogP contribution in [0, 0.1) is 5.82 Å². The third-order valence-corrected chi connectivity index (χ3v) is 3.75. The lowest BCUT2D eigenvalue weighted by atomic mass is 10.2. The van der Waals surface area contributed by atoms with Gasteiger partial charge in [-0.1, -0.05) is 18.2 Å². The van der Waals surface area contributed by atoms with E-state index in [2.05, 4.69) is 5.32 Å². The largest absolute Gasteiger partial charge is 0.482 e. The smallest absolute Gasteiger partial charge is 0.344 e. The van der Waals surface area contributed by atoms with Gasteiger partial charge in [0.25, 0.3) is 5.91 Å². The van der Waals surface area contributed by atoms with Crippen LogP contribution in [0.25, 0.3) is 11.3 Å². The highest BCUT2D eigenvalue weighted by Gasteiger charge is 2.14. The first kappa shape index (κ1) is 20.1. The summed E-state index contributed by atoms with van der Waals surface area (Å²) in [7, 11) is 0. The quantitative estimate of drug-likeness (QED) is 0.586. The van der Waals surface area contributed by atoms with Gasteiger partial charge in [0.15, 0.2) is 12.4 Å². The fourth-order valence-corrected chi connectivity index (χ4v) is 2.55.